The predicted molar refractivity (Wildman–Crippen MR) is 64.9 cm³/mol. The summed E-state index contributed by atoms with van der Waals surface area (Å²) in [6, 6.07) is 9.17. The van der Waals surface area contributed by atoms with E-state index >= 15 is 0 Å². The molecule has 2 N–H and O–H groups in total. The van der Waals surface area contributed by atoms with E-state index in [4.69, 9.17) is 0 Å². The summed E-state index contributed by atoms with van der Waals surface area (Å²) in [4.78, 5) is 15.4. The molecule has 0 unspecified atom stereocenters. The maximum absolute atomic E-state index is 12.2. The Hall–Kier alpha value is -1.59. The highest BCUT2D eigenvalue weighted by molar-refractivity contribution is 5.95. The number of carbonyl (C=O) groups excluding carboxylic acids is 1. The molecule has 1 fully saturated rings. The number of carbonyl (C=O) groups is 1. The largest absolute Gasteiger partial charge is 0.326 e. The predicted octanol–water partition coefficient (Wildman–Crippen LogP) is 1.64. The number of hydroxylamine groups is 1. The van der Waals surface area contributed by atoms with Crippen LogP contribution in [0.1, 0.15) is 13.8 Å². The highest BCUT2D eigenvalue weighted by Gasteiger charge is 2.50. The van der Waals surface area contributed by atoms with Crippen LogP contribution in [0.15, 0.2) is 30.3 Å². The highest BCUT2D eigenvalue weighted by Crippen LogP contribution is 2.33. The van der Waals surface area contributed by atoms with Crippen molar-refractivity contribution in [2.45, 2.75) is 25.6 Å². The van der Waals surface area contributed by atoms with Crippen molar-refractivity contribution in [1.82, 2.24) is 10.4 Å². The summed E-state index contributed by atoms with van der Waals surface area (Å²) in [6.07, 6.45) is -0.470. The standard InChI is InChI=1S/C12H17N3O2/c1-12(2)10(13-17)15(11(16)14(12)3)9-7-5-4-6-8-9/h4-8,10,13,17H,1-3H3/t10-/m1/s1. The van der Waals surface area contributed by atoms with Crippen molar-refractivity contribution in [2.24, 2.45) is 0 Å². The fraction of sp³-hybridized carbons (Fsp3) is 0.417. The van der Waals surface area contributed by atoms with Crippen LogP contribution in [0.2, 0.25) is 0 Å². The molecule has 0 spiro atoms. The van der Waals surface area contributed by atoms with Gasteiger partial charge in [-0.2, -0.15) is 5.48 Å². The van der Waals surface area contributed by atoms with Crippen LogP contribution in [0, 0.1) is 0 Å². The zero-order valence-electron chi connectivity index (χ0n) is 10.2. The van der Waals surface area contributed by atoms with Crippen LogP contribution in [-0.2, 0) is 0 Å². The fourth-order valence-corrected chi connectivity index (χ4v) is 2.08. The third kappa shape index (κ3) is 1.67. The monoisotopic (exact) mass is 235 g/mol. The van der Waals surface area contributed by atoms with Gasteiger partial charge in [0.15, 0.2) is 0 Å². The van der Waals surface area contributed by atoms with Crippen molar-refractivity contribution in [2.75, 3.05) is 11.9 Å². The van der Waals surface area contributed by atoms with E-state index < -0.39 is 11.7 Å². The van der Waals surface area contributed by atoms with E-state index in [2.05, 4.69) is 5.48 Å². The van der Waals surface area contributed by atoms with Gasteiger partial charge in [0.25, 0.3) is 0 Å². The highest BCUT2D eigenvalue weighted by atomic mass is 16.5. The molecule has 0 radical (unpaired) electrons. The van der Waals surface area contributed by atoms with Gasteiger partial charge in [-0.3, -0.25) is 4.90 Å². The van der Waals surface area contributed by atoms with Crippen molar-refractivity contribution < 1.29 is 10.0 Å². The van der Waals surface area contributed by atoms with Gasteiger partial charge < -0.3 is 10.1 Å². The smallest absolute Gasteiger partial charge is 0.319 e. The lowest BCUT2D eigenvalue weighted by atomic mass is 10.0. The zero-order valence-corrected chi connectivity index (χ0v) is 10.2. The SMILES string of the molecule is CN1C(=O)N(c2ccccc2)[C@@H](NO)C1(C)C. The van der Waals surface area contributed by atoms with Crippen LogP contribution >= 0.6 is 0 Å². The normalized spacial score (nSPS) is 23.3. The number of benzene rings is 1. The number of hydrogen-bond acceptors (Lipinski definition) is 3. The molecule has 2 rings (SSSR count). The topological polar surface area (TPSA) is 55.8 Å². The molecule has 1 aromatic carbocycles. The van der Waals surface area contributed by atoms with E-state index in [9.17, 15) is 10.0 Å². The van der Waals surface area contributed by atoms with E-state index in [0.29, 0.717) is 0 Å². The van der Waals surface area contributed by atoms with Gasteiger partial charge in [-0.25, -0.2) is 4.79 Å². The second-order valence-corrected chi connectivity index (χ2v) is 4.73. The molecule has 92 valence electrons. The number of rotatable bonds is 2. The molecule has 0 aromatic heterocycles. The molecule has 1 aliphatic rings. The number of para-hydroxylation sites is 1. The Morgan fingerprint density at radius 1 is 1.29 bits per heavy atom. The first-order valence-electron chi connectivity index (χ1n) is 5.52. The Morgan fingerprint density at radius 2 is 1.88 bits per heavy atom. The molecule has 17 heavy (non-hydrogen) atoms. The van der Waals surface area contributed by atoms with Crippen LogP contribution in [0.5, 0.6) is 0 Å². The van der Waals surface area contributed by atoms with Gasteiger partial charge in [0.1, 0.15) is 6.17 Å². The van der Waals surface area contributed by atoms with Gasteiger partial charge >= 0.3 is 6.03 Å². The average Bonchev–Trinajstić information content (AvgIpc) is 2.50. The first-order chi connectivity index (χ1) is 8.00. The Kier molecular flexibility index (Phi) is 2.81. The number of urea groups is 1. The number of nitrogens with one attached hydrogen (secondary N) is 1. The van der Waals surface area contributed by atoms with E-state index in [0.717, 1.165) is 5.69 Å². The zero-order chi connectivity index (χ0) is 12.6. The Balaban J connectivity index is 2.44. The van der Waals surface area contributed by atoms with Crippen LogP contribution in [0.3, 0.4) is 0 Å². The fourth-order valence-electron chi connectivity index (χ4n) is 2.08. The molecule has 5 nitrogen and oxygen atoms in total. The van der Waals surface area contributed by atoms with E-state index in [-0.39, 0.29) is 6.03 Å². The number of amides is 2. The molecule has 0 saturated carbocycles. The lowest BCUT2D eigenvalue weighted by Crippen LogP contribution is -2.53. The lowest BCUT2D eigenvalue weighted by Gasteiger charge is -2.32. The summed E-state index contributed by atoms with van der Waals surface area (Å²) in [5.74, 6) is 0. The van der Waals surface area contributed by atoms with E-state index in [1.165, 1.54) is 0 Å². The second kappa shape index (κ2) is 4.01. The lowest BCUT2D eigenvalue weighted by molar-refractivity contribution is 0.0769. The molecule has 0 aliphatic carbocycles. The van der Waals surface area contributed by atoms with Crippen molar-refractivity contribution in [1.29, 1.82) is 0 Å². The van der Waals surface area contributed by atoms with E-state index in [1.54, 1.807) is 16.8 Å². The number of anilines is 1. The molecular formula is C12H17N3O2. The molecule has 2 amide bonds. The van der Waals surface area contributed by atoms with Crippen molar-refractivity contribution in [3.8, 4) is 0 Å². The molecule has 1 aromatic rings. The first kappa shape index (κ1) is 11.9. The van der Waals surface area contributed by atoms with Crippen LogP contribution < -0.4 is 10.4 Å². The van der Waals surface area contributed by atoms with E-state index in [1.807, 2.05) is 44.2 Å². The van der Waals surface area contributed by atoms with Crippen molar-refractivity contribution >= 4 is 11.7 Å². The molecule has 5 heteroatoms. The van der Waals surface area contributed by atoms with Gasteiger partial charge in [0.2, 0.25) is 0 Å². The molecule has 1 aliphatic heterocycles. The second-order valence-electron chi connectivity index (χ2n) is 4.73. The van der Waals surface area contributed by atoms with Gasteiger partial charge in [0.05, 0.1) is 5.54 Å². The van der Waals surface area contributed by atoms with Crippen molar-refractivity contribution in [3.63, 3.8) is 0 Å². The van der Waals surface area contributed by atoms with Crippen LogP contribution in [0.4, 0.5) is 10.5 Å². The summed E-state index contributed by atoms with van der Waals surface area (Å²) in [5.41, 5.74) is 2.51. The van der Waals surface area contributed by atoms with Gasteiger partial charge in [0, 0.05) is 12.7 Å². The van der Waals surface area contributed by atoms with Gasteiger partial charge in [-0.15, -0.1) is 0 Å². The number of hydrogen-bond donors (Lipinski definition) is 2. The number of nitrogens with zero attached hydrogens (tertiary/aromatic N) is 2. The van der Waals surface area contributed by atoms with Gasteiger partial charge in [-0.1, -0.05) is 18.2 Å². The van der Waals surface area contributed by atoms with Gasteiger partial charge in [-0.05, 0) is 26.0 Å². The molecule has 1 saturated heterocycles. The molecule has 0 bridgehead atoms. The summed E-state index contributed by atoms with van der Waals surface area (Å²) >= 11 is 0. The Bertz CT molecular complexity index is 419. The third-order valence-corrected chi connectivity index (χ3v) is 3.44. The minimum absolute atomic E-state index is 0.132. The Labute approximate surface area is 101 Å². The minimum atomic E-state index is -0.484. The van der Waals surface area contributed by atoms with Crippen LogP contribution in [-0.4, -0.2) is 34.9 Å². The maximum Gasteiger partial charge on any atom is 0.326 e. The Morgan fingerprint density at radius 3 is 2.41 bits per heavy atom. The first-order valence-corrected chi connectivity index (χ1v) is 5.52. The van der Waals surface area contributed by atoms with Crippen molar-refractivity contribution in [3.05, 3.63) is 30.3 Å². The molecule has 1 heterocycles. The molecular weight excluding hydrogens is 218 g/mol. The summed E-state index contributed by atoms with van der Waals surface area (Å²) in [5, 5.41) is 9.30. The summed E-state index contributed by atoms with van der Waals surface area (Å²) in [6.45, 7) is 3.81. The third-order valence-electron chi connectivity index (χ3n) is 3.44. The van der Waals surface area contributed by atoms with Crippen LogP contribution in [0.25, 0.3) is 0 Å². The quantitative estimate of drug-likeness (QED) is 0.766. The summed E-state index contributed by atoms with van der Waals surface area (Å²) < 4.78 is 0. The average molecular weight is 235 g/mol. The number of likely N-dealkylation sites (N-methyl/N-ethyl adjacent to an activating group) is 1. The minimum Gasteiger partial charge on any atom is -0.319 e. The maximum atomic E-state index is 12.2. The molecule has 1 atom stereocenters. The summed E-state index contributed by atoms with van der Waals surface area (Å²) in [7, 11) is 1.73.